The molecule has 3 aromatic rings. The zero-order chi connectivity index (χ0) is 23.4. The molecule has 0 saturated heterocycles. The van der Waals surface area contributed by atoms with Crippen molar-refractivity contribution in [3.8, 4) is 0 Å². The Morgan fingerprint density at radius 3 is 2.42 bits per heavy atom. The lowest BCUT2D eigenvalue weighted by Crippen LogP contribution is -2.43. The summed E-state index contributed by atoms with van der Waals surface area (Å²) in [4.78, 5) is 40.4. The number of furan rings is 1. The topological polar surface area (TPSA) is 96.9 Å². The highest BCUT2D eigenvalue weighted by Crippen LogP contribution is 2.29. The average molecular weight is 447 g/mol. The number of hydrogen-bond acceptors (Lipinski definition) is 5. The van der Waals surface area contributed by atoms with Gasteiger partial charge in [-0.2, -0.15) is 0 Å². The van der Waals surface area contributed by atoms with Crippen LogP contribution >= 0.6 is 0 Å². The van der Waals surface area contributed by atoms with Crippen molar-refractivity contribution >= 4 is 17.5 Å². The summed E-state index contributed by atoms with van der Waals surface area (Å²) < 4.78 is 5.68. The number of benzene rings is 2. The first-order chi connectivity index (χ1) is 15.9. The number of nitrogens with zero attached hydrogens (tertiary/aromatic N) is 3. The van der Waals surface area contributed by atoms with E-state index in [1.54, 1.807) is 11.0 Å². The molecule has 1 aliphatic carbocycles. The third-order valence-corrected chi connectivity index (χ3v) is 5.57. The number of hydrogen-bond donors (Lipinski definition) is 0. The Labute approximate surface area is 191 Å². The number of aryl methyl sites for hydroxylation is 1. The summed E-state index contributed by atoms with van der Waals surface area (Å²) in [7, 11) is 0. The van der Waals surface area contributed by atoms with Crippen molar-refractivity contribution in [2.24, 2.45) is 0 Å². The molecule has 0 N–H and O–H groups in total. The molecule has 0 radical (unpaired) electrons. The molecule has 2 aromatic carbocycles. The molecule has 0 spiro atoms. The van der Waals surface area contributed by atoms with Crippen LogP contribution in [0.3, 0.4) is 0 Å². The van der Waals surface area contributed by atoms with Crippen molar-refractivity contribution in [1.82, 2.24) is 9.80 Å². The Balaban J connectivity index is 1.54. The molecular weight excluding hydrogens is 422 g/mol. The fourth-order valence-electron chi connectivity index (χ4n) is 3.71. The van der Waals surface area contributed by atoms with Gasteiger partial charge in [-0.25, -0.2) is 0 Å². The second-order valence-electron chi connectivity index (χ2n) is 8.22. The Bertz CT molecular complexity index is 1150. The number of non-ortho nitro benzene ring substituents is 1. The van der Waals surface area contributed by atoms with Gasteiger partial charge < -0.3 is 14.2 Å². The maximum absolute atomic E-state index is 13.4. The standard InChI is InChI=1S/C25H25N3O5/c1-18-10-13-23(33-18)16-26(15-19-6-3-2-4-7-19)24(29)17-27(21-11-12-21)25(30)20-8-5-9-22(14-20)28(31)32/h2-10,13-14,21H,11-12,15-17H2,1H3. The van der Waals surface area contributed by atoms with Gasteiger partial charge in [-0.15, -0.1) is 0 Å². The summed E-state index contributed by atoms with van der Waals surface area (Å²) in [5.74, 6) is 0.846. The van der Waals surface area contributed by atoms with E-state index in [0.717, 1.165) is 24.2 Å². The van der Waals surface area contributed by atoms with Gasteiger partial charge in [-0.3, -0.25) is 19.7 Å². The van der Waals surface area contributed by atoms with Gasteiger partial charge in [0.2, 0.25) is 5.91 Å². The van der Waals surface area contributed by atoms with Gasteiger partial charge in [0, 0.05) is 30.3 Å². The molecular formula is C25H25N3O5. The Kier molecular flexibility index (Phi) is 6.53. The van der Waals surface area contributed by atoms with Crippen molar-refractivity contribution in [1.29, 1.82) is 0 Å². The summed E-state index contributed by atoms with van der Waals surface area (Å²) in [6, 6.07) is 18.9. The predicted molar refractivity (Wildman–Crippen MR) is 121 cm³/mol. The molecule has 1 fully saturated rings. The molecule has 1 aromatic heterocycles. The van der Waals surface area contributed by atoms with Gasteiger partial charge in [0.1, 0.15) is 18.1 Å². The average Bonchev–Trinajstić information content (AvgIpc) is 3.58. The van der Waals surface area contributed by atoms with E-state index < -0.39 is 4.92 Å². The van der Waals surface area contributed by atoms with E-state index in [2.05, 4.69) is 0 Å². The van der Waals surface area contributed by atoms with Gasteiger partial charge in [0.25, 0.3) is 11.6 Å². The van der Waals surface area contributed by atoms with E-state index in [9.17, 15) is 19.7 Å². The lowest BCUT2D eigenvalue weighted by atomic mass is 10.1. The molecule has 1 heterocycles. The van der Waals surface area contributed by atoms with Crippen LogP contribution in [0.25, 0.3) is 0 Å². The number of rotatable bonds is 9. The van der Waals surface area contributed by atoms with Crippen molar-refractivity contribution in [2.45, 2.75) is 38.9 Å². The summed E-state index contributed by atoms with van der Waals surface area (Å²) in [6.07, 6.45) is 1.62. The molecule has 1 saturated carbocycles. The van der Waals surface area contributed by atoms with Crippen LogP contribution < -0.4 is 0 Å². The molecule has 2 amide bonds. The van der Waals surface area contributed by atoms with E-state index in [4.69, 9.17) is 4.42 Å². The third-order valence-electron chi connectivity index (χ3n) is 5.57. The number of amides is 2. The number of nitro groups is 1. The monoisotopic (exact) mass is 447 g/mol. The van der Waals surface area contributed by atoms with Crippen LogP contribution in [0, 0.1) is 17.0 Å². The van der Waals surface area contributed by atoms with Crippen LogP contribution in [0.15, 0.2) is 71.1 Å². The molecule has 8 nitrogen and oxygen atoms in total. The predicted octanol–water partition coefficient (Wildman–Crippen LogP) is 4.33. The van der Waals surface area contributed by atoms with E-state index in [1.165, 1.54) is 23.1 Å². The maximum atomic E-state index is 13.4. The molecule has 170 valence electrons. The van der Waals surface area contributed by atoms with Crippen molar-refractivity contribution < 1.29 is 18.9 Å². The van der Waals surface area contributed by atoms with Crippen LogP contribution in [-0.2, 0) is 17.9 Å². The molecule has 0 aliphatic heterocycles. The molecule has 4 rings (SSSR count). The largest absolute Gasteiger partial charge is 0.464 e. The first-order valence-electron chi connectivity index (χ1n) is 10.8. The fourth-order valence-corrected chi connectivity index (χ4v) is 3.71. The lowest BCUT2D eigenvalue weighted by molar-refractivity contribution is -0.384. The number of nitro benzene ring substituents is 1. The number of carbonyl (C=O) groups is 2. The molecule has 0 unspecified atom stereocenters. The van der Waals surface area contributed by atoms with Crippen molar-refractivity contribution in [3.05, 3.63) is 99.5 Å². The highest BCUT2D eigenvalue weighted by molar-refractivity contribution is 5.97. The van der Waals surface area contributed by atoms with Gasteiger partial charge in [-0.1, -0.05) is 36.4 Å². The molecule has 0 bridgehead atoms. The Morgan fingerprint density at radius 2 is 1.79 bits per heavy atom. The summed E-state index contributed by atoms with van der Waals surface area (Å²) in [6.45, 7) is 2.41. The second kappa shape index (κ2) is 9.68. The molecule has 1 aliphatic rings. The summed E-state index contributed by atoms with van der Waals surface area (Å²) >= 11 is 0. The highest BCUT2D eigenvalue weighted by atomic mass is 16.6. The Hall–Kier alpha value is -3.94. The second-order valence-corrected chi connectivity index (χ2v) is 8.22. The molecule has 0 atom stereocenters. The highest BCUT2D eigenvalue weighted by Gasteiger charge is 2.35. The zero-order valence-electron chi connectivity index (χ0n) is 18.3. The minimum Gasteiger partial charge on any atom is -0.464 e. The van der Waals surface area contributed by atoms with Gasteiger partial charge in [0.05, 0.1) is 11.5 Å². The fraction of sp³-hybridized carbons (Fsp3) is 0.280. The zero-order valence-corrected chi connectivity index (χ0v) is 18.3. The molecule has 8 heteroatoms. The number of carbonyl (C=O) groups excluding carboxylic acids is 2. The van der Waals surface area contributed by atoms with E-state index in [1.807, 2.05) is 49.4 Å². The summed E-state index contributed by atoms with van der Waals surface area (Å²) in [5, 5.41) is 11.1. The first kappa shape index (κ1) is 22.3. The normalized spacial score (nSPS) is 12.9. The maximum Gasteiger partial charge on any atom is 0.270 e. The summed E-state index contributed by atoms with van der Waals surface area (Å²) in [5.41, 5.74) is 1.03. The van der Waals surface area contributed by atoms with Gasteiger partial charge >= 0.3 is 0 Å². The Morgan fingerprint density at radius 1 is 1.03 bits per heavy atom. The van der Waals surface area contributed by atoms with Gasteiger partial charge in [-0.05, 0) is 43.5 Å². The first-order valence-corrected chi connectivity index (χ1v) is 10.8. The quantitative estimate of drug-likeness (QED) is 0.359. The van der Waals surface area contributed by atoms with Crippen molar-refractivity contribution in [2.75, 3.05) is 6.54 Å². The SMILES string of the molecule is Cc1ccc(CN(Cc2ccccc2)C(=O)CN(C(=O)c2cccc([N+](=O)[O-])c2)C2CC2)o1. The van der Waals surface area contributed by atoms with E-state index in [-0.39, 0.29) is 42.2 Å². The van der Waals surface area contributed by atoms with Crippen molar-refractivity contribution in [3.63, 3.8) is 0 Å². The minimum absolute atomic E-state index is 0.0369. The molecule has 33 heavy (non-hydrogen) atoms. The van der Waals surface area contributed by atoms with Crippen LogP contribution in [0.1, 0.15) is 40.3 Å². The van der Waals surface area contributed by atoms with E-state index in [0.29, 0.717) is 12.3 Å². The van der Waals surface area contributed by atoms with Crippen LogP contribution in [-0.4, -0.2) is 39.1 Å². The van der Waals surface area contributed by atoms with Crippen LogP contribution in [0.5, 0.6) is 0 Å². The van der Waals surface area contributed by atoms with Crippen LogP contribution in [0.4, 0.5) is 5.69 Å². The van der Waals surface area contributed by atoms with Crippen LogP contribution in [0.2, 0.25) is 0 Å². The minimum atomic E-state index is -0.531. The van der Waals surface area contributed by atoms with Gasteiger partial charge in [0.15, 0.2) is 0 Å². The smallest absolute Gasteiger partial charge is 0.270 e. The van der Waals surface area contributed by atoms with E-state index >= 15 is 0 Å². The lowest BCUT2D eigenvalue weighted by Gasteiger charge is -2.27. The third kappa shape index (κ3) is 5.65.